The van der Waals surface area contributed by atoms with Gasteiger partial charge in [-0.1, -0.05) is 20.3 Å². The third-order valence-electron chi connectivity index (χ3n) is 3.38. The van der Waals surface area contributed by atoms with Crippen molar-refractivity contribution in [2.45, 2.75) is 52.1 Å². The Labute approximate surface area is 86.6 Å². The van der Waals surface area contributed by atoms with Gasteiger partial charge in [-0.3, -0.25) is 4.79 Å². The van der Waals surface area contributed by atoms with Crippen LogP contribution in [0.5, 0.6) is 0 Å². The molecular weight excluding hydrogens is 176 g/mol. The van der Waals surface area contributed by atoms with Gasteiger partial charge in [-0.2, -0.15) is 0 Å². The van der Waals surface area contributed by atoms with Gasteiger partial charge in [0.2, 0.25) is 5.91 Å². The Morgan fingerprint density at radius 3 is 2.71 bits per heavy atom. The largest absolute Gasteiger partial charge is 0.339 e. The summed E-state index contributed by atoms with van der Waals surface area (Å²) < 4.78 is 0. The van der Waals surface area contributed by atoms with Crippen LogP contribution >= 0.6 is 0 Å². The lowest BCUT2D eigenvalue weighted by atomic mass is 9.99. The topological polar surface area (TPSA) is 46.3 Å². The van der Waals surface area contributed by atoms with Gasteiger partial charge in [0.15, 0.2) is 0 Å². The second-order valence-electron chi connectivity index (χ2n) is 4.43. The molecule has 0 radical (unpaired) electrons. The van der Waals surface area contributed by atoms with Crippen LogP contribution in [0.1, 0.15) is 40.0 Å². The maximum absolute atomic E-state index is 12.0. The minimum atomic E-state index is -0.305. The minimum absolute atomic E-state index is 0.143. The molecule has 0 aromatic carbocycles. The predicted molar refractivity (Wildman–Crippen MR) is 57.8 cm³/mol. The number of amides is 1. The van der Waals surface area contributed by atoms with Crippen molar-refractivity contribution in [1.29, 1.82) is 0 Å². The molecular formula is C11H22N2O. The molecule has 1 saturated heterocycles. The van der Waals surface area contributed by atoms with E-state index >= 15 is 0 Å². The molecule has 0 bridgehead atoms. The highest BCUT2D eigenvalue weighted by atomic mass is 16.2. The van der Waals surface area contributed by atoms with E-state index in [4.69, 9.17) is 5.73 Å². The van der Waals surface area contributed by atoms with Crippen LogP contribution in [0.15, 0.2) is 0 Å². The van der Waals surface area contributed by atoms with Crippen molar-refractivity contribution in [1.82, 2.24) is 4.90 Å². The summed E-state index contributed by atoms with van der Waals surface area (Å²) in [5, 5.41) is 0. The fourth-order valence-electron chi connectivity index (χ4n) is 1.95. The van der Waals surface area contributed by atoms with Crippen LogP contribution in [-0.4, -0.2) is 29.4 Å². The van der Waals surface area contributed by atoms with Gasteiger partial charge in [-0.25, -0.2) is 0 Å². The van der Waals surface area contributed by atoms with Crippen LogP contribution in [0, 0.1) is 5.92 Å². The molecule has 1 aliphatic rings. The molecule has 0 spiro atoms. The number of hydrogen-bond acceptors (Lipinski definition) is 2. The molecule has 1 amide bonds. The average molecular weight is 198 g/mol. The smallest absolute Gasteiger partial charge is 0.239 e. The zero-order valence-corrected chi connectivity index (χ0v) is 9.49. The van der Waals surface area contributed by atoms with Gasteiger partial charge in [0.05, 0.1) is 6.04 Å². The van der Waals surface area contributed by atoms with Gasteiger partial charge < -0.3 is 10.6 Å². The van der Waals surface area contributed by atoms with Crippen molar-refractivity contribution in [2.24, 2.45) is 11.7 Å². The van der Waals surface area contributed by atoms with Crippen molar-refractivity contribution in [2.75, 3.05) is 6.54 Å². The van der Waals surface area contributed by atoms with Gasteiger partial charge in [-0.05, 0) is 25.7 Å². The van der Waals surface area contributed by atoms with E-state index < -0.39 is 0 Å². The molecule has 1 rings (SSSR count). The average Bonchev–Trinajstić information content (AvgIpc) is 2.61. The molecule has 0 aliphatic carbocycles. The van der Waals surface area contributed by atoms with E-state index in [2.05, 4.69) is 13.8 Å². The van der Waals surface area contributed by atoms with Crippen LogP contribution in [0.4, 0.5) is 0 Å². The summed E-state index contributed by atoms with van der Waals surface area (Å²) in [5.41, 5.74) is 5.92. The summed E-state index contributed by atoms with van der Waals surface area (Å²) in [6.07, 6.45) is 3.22. The Morgan fingerprint density at radius 1 is 1.64 bits per heavy atom. The van der Waals surface area contributed by atoms with E-state index in [-0.39, 0.29) is 17.9 Å². The Morgan fingerprint density at radius 2 is 2.29 bits per heavy atom. The summed E-state index contributed by atoms with van der Waals surface area (Å²) in [7, 11) is 0. The Balaban J connectivity index is 2.55. The van der Waals surface area contributed by atoms with Gasteiger partial charge in [0.25, 0.3) is 0 Å². The number of likely N-dealkylation sites (tertiary alicyclic amines) is 1. The van der Waals surface area contributed by atoms with E-state index in [1.807, 2.05) is 11.8 Å². The molecule has 0 saturated carbocycles. The lowest BCUT2D eigenvalue weighted by molar-refractivity contribution is -0.134. The summed E-state index contributed by atoms with van der Waals surface area (Å²) in [6.45, 7) is 7.12. The fourth-order valence-corrected chi connectivity index (χ4v) is 1.95. The predicted octanol–water partition coefficient (Wildman–Crippen LogP) is 1.37. The van der Waals surface area contributed by atoms with E-state index in [1.54, 1.807) is 0 Å². The van der Waals surface area contributed by atoms with Crippen LogP contribution in [-0.2, 0) is 4.79 Å². The Bertz CT molecular complexity index is 205. The SMILES string of the molecule is CC[C@H](C)[C@H](N)C(=O)N1CCCC1C. The molecule has 82 valence electrons. The summed E-state index contributed by atoms with van der Waals surface area (Å²) in [6, 6.07) is 0.0816. The number of carbonyl (C=O) groups is 1. The molecule has 0 aromatic rings. The molecule has 2 N–H and O–H groups in total. The van der Waals surface area contributed by atoms with Gasteiger partial charge in [0.1, 0.15) is 0 Å². The first-order chi connectivity index (χ1) is 6.57. The van der Waals surface area contributed by atoms with E-state index in [0.29, 0.717) is 6.04 Å². The third kappa shape index (κ3) is 2.27. The molecule has 1 aliphatic heterocycles. The second kappa shape index (κ2) is 4.78. The highest BCUT2D eigenvalue weighted by molar-refractivity contribution is 5.82. The van der Waals surface area contributed by atoms with E-state index in [9.17, 15) is 4.79 Å². The lowest BCUT2D eigenvalue weighted by Gasteiger charge is -2.27. The monoisotopic (exact) mass is 198 g/mol. The summed E-state index contributed by atoms with van der Waals surface area (Å²) >= 11 is 0. The Kier molecular flexibility index (Phi) is 3.93. The van der Waals surface area contributed by atoms with Gasteiger partial charge >= 0.3 is 0 Å². The third-order valence-corrected chi connectivity index (χ3v) is 3.38. The quantitative estimate of drug-likeness (QED) is 0.744. The number of nitrogens with zero attached hydrogens (tertiary/aromatic N) is 1. The number of nitrogens with two attached hydrogens (primary N) is 1. The zero-order chi connectivity index (χ0) is 10.7. The second-order valence-corrected chi connectivity index (χ2v) is 4.43. The van der Waals surface area contributed by atoms with Crippen LogP contribution in [0.2, 0.25) is 0 Å². The molecule has 3 atom stereocenters. The molecule has 1 fully saturated rings. The highest BCUT2D eigenvalue weighted by Crippen LogP contribution is 2.19. The standard InChI is InChI=1S/C11H22N2O/c1-4-8(2)10(12)11(14)13-7-5-6-9(13)3/h8-10H,4-7,12H2,1-3H3/t8-,9?,10-/m0/s1. The molecule has 3 heteroatoms. The maximum Gasteiger partial charge on any atom is 0.239 e. The van der Waals surface area contributed by atoms with Crippen molar-refractivity contribution in [3.05, 3.63) is 0 Å². The molecule has 1 unspecified atom stereocenters. The van der Waals surface area contributed by atoms with Crippen LogP contribution in [0.3, 0.4) is 0 Å². The highest BCUT2D eigenvalue weighted by Gasteiger charge is 2.30. The zero-order valence-electron chi connectivity index (χ0n) is 9.49. The first-order valence-corrected chi connectivity index (χ1v) is 5.64. The van der Waals surface area contributed by atoms with Crippen molar-refractivity contribution in [3.8, 4) is 0 Å². The summed E-state index contributed by atoms with van der Waals surface area (Å²) in [5.74, 6) is 0.430. The molecule has 14 heavy (non-hydrogen) atoms. The normalized spacial score (nSPS) is 26.3. The number of carbonyl (C=O) groups excluding carboxylic acids is 1. The molecule has 0 aromatic heterocycles. The fraction of sp³-hybridized carbons (Fsp3) is 0.909. The van der Waals surface area contributed by atoms with Crippen LogP contribution in [0.25, 0.3) is 0 Å². The Hall–Kier alpha value is -0.570. The number of hydrogen-bond donors (Lipinski definition) is 1. The first-order valence-electron chi connectivity index (χ1n) is 5.64. The van der Waals surface area contributed by atoms with E-state index in [1.165, 1.54) is 0 Å². The first kappa shape index (κ1) is 11.5. The van der Waals surface area contributed by atoms with Crippen molar-refractivity contribution in [3.63, 3.8) is 0 Å². The lowest BCUT2D eigenvalue weighted by Crippen LogP contribution is -2.48. The molecule has 3 nitrogen and oxygen atoms in total. The maximum atomic E-state index is 12.0. The summed E-state index contributed by atoms with van der Waals surface area (Å²) in [4.78, 5) is 13.9. The van der Waals surface area contributed by atoms with Crippen molar-refractivity contribution < 1.29 is 4.79 Å². The van der Waals surface area contributed by atoms with Gasteiger partial charge in [-0.15, -0.1) is 0 Å². The van der Waals surface area contributed by atoms with E-state index in [0.717, 1.165) is 25.8 Å². The number of rotatable bonds is 3. The van der Waals surface area contributed by atoms with Gasteiger partial charge in [0, 0.05) is 12.6 Å². The van der Waals surface area contributed by atoms with Crippen molar-refractivity contribution >= 4 is 5.91 Å². The minimum Gasteiger partial charge on any atom is -0.339 e. The molecule has 1 heterocycles. The van der Waals surface area contributed by atoms with Crippen LogP contribution < -0.4 is 5.73 Å².